The maximum Gasteiger partial charge on any atom is 0.191 e. The summed E-state index contributed by atoms with van der Waals surface area (Å²) >= 11 is 0. The molecule has 1 aliphatic rings. The number of hydrogen-bond acceptors (Lipinski definition) is 3. The molecule has 5 nitrogen and oxygen atoms in total. The van der Waals surface area contributed by atoms with Gasteiger partial charge in [-0.2, -0.15) is 0 Å². The zero-order valence-electron chi connectivity index (χ0n) is 14.1. The third-order valence-corrected chi connectivity index (χ3v) is 4.35. The maximum absolute atomic E-state index is 13.4. The molecule has 1 aromatic carbocycles. The van der Waals surface area contributed by atoms with Gasteiger partial charge in [-0.05, 0) is 36.6 Å². The van der Waals surface area contributed by atoms with Gasteiger partial charge in [0.15, 0.2) is 17.6 Å². The van der Waals surface area contributed by atoms with Gasteiger partial charge < -0.3 is 20.0 Å². The van der Waals surface area contributed by atoms with E-state index in [-0.39, 0.29) is 0 Å². The Morgan fingerprint density at radius 1 is 1.28 bits per heavy atom. The molecule has 25 heavy (non-hydrogen) atoms. The van der Waals surface area contributed by atoms with Gasteiger partial charge in [-0.1, -0.05) is 0 Å². The lowest BCUT2D eigenvalue weighted by molar-refractivity contribution is 0.499. The predicted molar refractivity (Wildman–Crippen MR) is 93.6 cm³/mol. The molecule has 134 valence electrons. The van der Waals surface area contributed by atoms with Crippen LogP contribution in [-0.2, 0) is 6.54 Å². The highest BCUT2D eigenvalue weighted by Crippen LogP contribution is 2.24. The standard InChI is InChI=1S/C18H22F2N4O/c1-21-18(23-11-15-3-2-8-25-15)22-10-13-6-7-24(12-13)14-4-5-16(19)17(20)9-14/h2-5,8-9,13H,6-7,10-12H2,1H3,(H2,21,22,23)/t13-/m0/s1. The highest BCUT2D eigenvalue weighted by molar-refractivity contribution is 5.79. The Morgan fingerprint density at radius 3 is 2.88 bits per heavy atom. The third kappa shape index (κ3) is 4.49. The lowest BCUT2D eigenvalue weighted by Gasteiger charge is -2.19. The molecule has 3 rings (SSSR count). The Labute approximate surface area is 145 Å². The highest BCUT2D eigenvalue weighted by atomic mass is 19.2. The van der Waals surface area contributed by atoms with Crippen molar-refractivity contribution < 1.29 is 13.2 Å². The molecule has 1 aliphatic heterocycles. The number of furan rings is 1. The third-order valence-electron chi connectivity index (χ3n) is 4.35. The van der Waals surface area contributed by atoms with Gasteiger partial charge in [-0.25, -0.2) is 8.78 Å². The van der Waals surface area contributed by atoms with Crippen LogP contribution in [0.15, 0.2) is 46.0 Å². The van der Waals surface area contributed by atoms with Crippen LogP contribution in [0.2, 0.25) is 0 Å². The van der Waals surface area contributed by atoms with Crippen LogP contribution < -0.4 is 15.5 Å². The summed E-state index contributed by atoms with van der Waals surface area (Å²) in [5.74, 6) is 0.348. The average Bonchev–Trinajstić information content (AvgIpc) is 3.29. The summed E-state index contributed by atoms with van der Waals surface area (Å²) < 4.78 is 31.7. The van der Waals surface area contributed by atoms with Crippen LogP contribution >= 0.6 is 0 Å². The minimum Gasteiger partial charge on any atom is -0.467 e. The molecule has 0 unspecified atom stereocenters. The van der Waals surface area contributed by atoms with Crippen molar-refractivity contribution in [3.8, 4) is 0 Å². The van der Waals surface area contributed by atoms with Crippen molar-refractivity contribution in [1.82, 2.24) is 10.6 Å². The quantitative estimate of drug-likeness (QED) is 0.644. The van der Waals surface area contributed by atoms with E-state index in [9.17, 15) is 8.78 Å². The van der Waals surface area contributed by atoms with Gasteiger partial charge >= 0.3 is 0 Å². The molecule has 0 radical (unpaired) electrons. The normalized spacial score (nSPS) is 17.8. The predicted octanol–water partition coefficient (Wildman–Crippen LogP) is 2.75. The van der Waals surface area contributed by atoms with Crippen LogP contribution in [-0.4, -0.2) is 32.6 Å². The molecule has 2 aromatic rings. The van der Waals surface area contributed by atoms with Gasteiger partial charge in [0, 0.05) is 38.4 Å². The van der Waals surface area contributed by atoms with Crippen LogP contribution in [0.1, 0.15) is 12.2 Å². The van der Waals surface area contributed by atoms with E-state index in [4.69, 9.17) is 4.42 Å². The van der Waals surface area contributed by atoms with Crippen molar-refractivity contribution in [1.29, 1.82) is 0 Å². The summed E-state index contributed by atoms with van der Waals surface area (Å²) in [6, 6.07) is 7.80. The summed E-state index contributed by atoms with van der Waals surface area (Å²) in [4.78, 5) is 6.27. The first-order chi connectivity index (χ1) is 12.2. The monoisotopic (exact) mass is 348 g/mol. The van der Waals surface area contributed by atoms with Crippen molar-refractivity contribution >= 4 is 11.6 Å². The molecule has 0 bridgehead atoms. The SMILES string of the molecule is CN=C(NCc1ccco1)NC[C@@H]1CCN(c2ccc(F)c(F)c2)C1. The van der Waals surface area contributed by atoms with E-state index in [1.165, 1.54) is 12.1 Å². The van der Waals surface area contributed by atoms with Crippen molar-refractivity contribution in [2.75, 3.05) is 31.6 Å². The summed E-state index contributed by atoms with van der Waals surface area (Å²) in [5, 5.41) is 6.50. The largest absolute Gasteiger partial charge is 0.467 e. The molecule has 0 saturated carbocycles. The van der Waals surface area contributed by atoms with E-state index >= 15 is 0 Å². The smallest absolute Gasteiger partial charge is 0.191 e. The first-order valence-electron chi connectivity index (χ1n) is 8.32. The van der Waals surface area contributed by atoms with Crippen LogP contribution in [0.4, 0.5) is 14.5 Å². The van der Waals surface area contributed by atoms with Gasteiger partial charge in [-0.15, -0.1) is 0 Å². The molecule has 2 N–H and O–H groups in total. The van der Waals surface area contributed by atoms with Crippen molar-refractivity contribution in [2.45, 2.75) is 13.0 Å². The number of guanidine groups is 1. The summed E-state index contributed by atoms with van der Waals surface area (Å²) in [5.41, 5.74) is 0.724. The molecule has 0 aliphatic carbocycles. The maximum atomic E-state index is 13.4. The Hall–Kier alpha value is -2.57. The van der Waals surface area contributed by atoms with Gasteiger partial charge in [0.2, 0.25) is 0 Å². The van der Waals surface area contributed by atoms with Gasteiger partial charge in [-0.3, -0.25) is 4.99 Å². The number of rotatable bonds is 5. The second-order valence-corrected chi connectivity index (χ2v) is 6.09. The number of halogens is 2. The van der Waals surface area contributed by atoms with Crippen LogP contribution in [0, 0.1) is 17.6 Å². The van der Waals surface area contributed by atoms with Gasteiger partial charge in [0.05, 0.1) is 12.8 Å². The number of benzene rings is 1. The lowest BCUT2D eigenvalue weighted by atomic mass is 10.1. The second-order valence-electron chi connectivity index (χ2n) is 6.09. The lowest BCUT2D eigenvalue weighted by Crippen LogP contribution is -2.39. The first kappa shape index (κ1) is 17.3. The number of aliphatic imine (C=N–C) groups is 1. The summed E-state index contributed by atoms with van der Waals surface area (Å²) in [7, 11) is 1.72. The van der Waals surface area contributed by atoms with E-state index in [0.29, 0.717) is 18.4 Å². The highest BCUT2D eigenvalue weighted by Gasteiger charge is 2.23. The molecular weight excluding hydrogens is 326 g/mol. The zero-order chi connectivity index (χ0) is 17.6. The van der Waals surface area contributed by atoms with Crippen molar-refractivity contribution in [3.05, 3.63) is 54.0 Å². The van der Waals surface area contributed by atoms with Gasteiger partial charge in [0.1, 0.15) is 5.76 Å². The van der Waals surface area contributed by atoms with Crippen molar-refractivity contribution in [2.24, 2.45) is 10.9 Å². The second kappa shape index (κ2) is 8.00. The fraction of sp³-hybridized carbons (Fsp3) is 0.389. The Kier molecular flexibility index (Phi) is 5.53. The van der Waals surface area contributed by atoms with E-state index in [0.717, 1.165) is 37.5 Å². The zero-order valence-corrected chi connectivity index (χ0v) is 14.1. The molecule has 1 saturated heterocycles. The Balaban J connectivity index is 1.46. The number of hydrogen-bond donors (Lipinski definition) is 2. The molecule has 1 fully saturated rings. The molecule has 1 aromatic heterocycles. The molecule has 0 spiro atoms. The minimum absolute atomic E-state index is 0.412. The molecule has 2 heterocycles. The van der Waals surface area contributed by atoms with E-state index < -0.39 is 11.6 Å². The van der Waals surface area contributed by atoms with Crippen LogP contribution in [0.3, 0.4) is 0 Å². The molecule has 1 atom stereocenters. The summed E-state index contributed by atoms with van der Waals surface area (Å²) in [6.45, 7) is 2.96. The molecule has 0 amide bonds. The van der Waals surface area contributed by atoms with E-state index in [1.807, 2.05) is 12.1 Å². The number of nitrogens with one attached hydrogen (secondary N) is 2. The van der Waals surface area contributed by atoms with Crippen LogP contribution in [0.5, 0.6) is 0 Å². The van der Waals surface area contributed by atoms with Crippen molar-refractivity contribution in [3.63, 3.8) is 0 Å². The summed E-state index contributed by atoms with van der Waals surface area (Å²) in [6.07, 6.45) is 2.62. The van der Waals surface area contributed by atoms with E-state index in [1.54, 1.807) is 19.4 Å². The van der Waals surface area contributed by atoms with E-state index in [2.05, 4.69) is 20.5 Å². The molecular formula is C18H22F2N4O. The average molecular weight is 348 g/mol. The van der Waals surface area contributed by atoms with Gasteiger partial charge in [0.25, 0.3) is 0 Å². The Bertz CT molecular complexity index is 718. The van der Waals surface area contributed by atoms with Crippen LogP contribution in [0.25, 0.3) is 0 Å². The Morgan fingerprint density at radius 2 is 2.16 bits per heavy atom. The first-order valence-corrected chi connectivity index (χ1v) is 8.32. The fourth-order valence-electron chi connectivity index (χ4n) is 2.96. The molecule has 7 heteroatoms. The minimum atomic E-state index is -0.812. The number of anilines is 1. The number of nitrogens with zero attached hydrogens (tertiary/aromatic N) is 2. The fourth-order valence-corrected chi connectivity index (χ4v) is 2.96. The topological polar surface area (TPSA) is 52.8 Å².